The van der Waals surface area contributed by atoms with Crippen LogP contribution in [0.2, 0.25) is 0 Å². The van der Waals surface area contributed by atoms with Crippen LogP contribution in [0.4, 0.5) is 26.2 Å². The molecular formula is C27H30F2N6O. The molecule has 1 aromatic carbocycles. The maximum Gasteiger partial charge on any atom is 0.229 e. The van der Waals surface area contributed by atoms with Gasteiger partial charge in [0.1, 0.15) is 17.1 Å². The number of fused-ring (bicyclic) bond motifs is 2. The quantitative estimate of drug-likeness (QED) is 0.523. The van der Waals surface area contributed by atoms with Crippen molar-refractivity contribution in [3.05, 3.63) is 53.4 Å². The van der Waals surface area contributed by atoms with Crippen LogP contribution in [-0.4, -0.2) is 39.7 Å². The monoisotopic (exact) mass is 492 g/mol. The van der Waals surface area contributed by atoms with Gasteiger partial charge < -0.3 is 20.3 Å². The second kappa shape index (κ2) is 8.96. The maximum absolute atomic E-state index is 15.5. The van der Waals surface area contributed by atoms with Gasteiger partial charge in [0.05, 0.1) is 18.4 Å². The van der Waals surface area contributed by atoms with Gasteiger partial charge in [-0.1, -0.05) is 6.07 Å². The van der Waals surface area contributed by atoms with E-state index in [1.54, 1.807) is 6.07 Å². The zero-order valence-electron chi connectivity index (χ0n) is 20.6. The molecule has 2 N–H and O–H groups in total. The smallest absolute Gasteiger partial charge is 0.229 e. The van der Waals surface area contributed by atoms with Gasteiger partial charge in [-0.05, 0) is 63.3 Å². The van der Waals surface area contributed by atoms with E-state index < -0.39 is 11.6 Å². The second-order valence-electron chi connectivity index (χ2n) is 10.3. The molecule has 36 heavy (non-hydrogen) atoms. The fourth-order valence-corrected chi connectivity index (χ4v) is 5.57. The zero-order valence-corrected chi connectivity index (χ0v) is 20.6. The van der Waals surface area contributed by atoms with Gasteiger partial charge in [0.25, 0.3) is 0 Å². The normalized spacial score (nSPS) is 18.2. The van der Waals surface area contributed by atoms with Gasteiger partial charge in [-0.3, -0.25) is 0 Å². The summed E-state index contributed by atoms with van der Waals surface area (Å²) >= 11 is 0. The Bertz CT molecular complexity index is 1310. The van der Waals surface area contributed by atoms with Gasteiger partial charge in [0, 0.05) is 36.8 Å². The molecule has 0 unspecified atom stereocenters. The Morgan fingerprint density at radius 2 is 1.94 bits per heavy atom. The molecule has 4 heterocycles. The van der Waals surface area contributed by atoms with Crippen LogP contribution in [0.5, 0.6) is 5.75 Å². The fourth-order valence-electron chi connectivity index (χ4n) is 5.57. The SMILES string of the molecule is CC(C)N1CC2(CCCC2)Oc2c(F)cc(-c3nc(Nc4ccc5c(n4)CCNC5)ncc3F)cc21. The molecular weight excluding hydrogens is 462 g/mol. The standard InChI is InChI=1S/C27H30F2N6O/c1-16(2)35-15-27(8-3-4-9-27)36-25-19(28)11-18(12-22(25)35)24-20(29)14-31-26(34-24)33-23-6-5-17-13-30-10-7-21(17)32-23/h5-6,11-12,14,16,30H,3-4,7-10,13,15H2,1-2H3,(H,31,32,33,34). The summed E-state index contributed by atoms with van der Waals surface area (Å²) in [6.45, 7) is 6.53. The van der Waals surface area contributed by atoms with Crippen LogP contribution in [0.25, 0.3) is 11.3 Å². The number of hydrogen-bond acceptors (Lipinski definition) is 7. The summed E-state index contributed by atoms with van der Waals surface area (Å²) in [6.07, 6.45) is 5.94. The first-order valence-corrected chi connectivity index (χ1v) is 12.7. The summed E-state index contributed by atoms with van der Waals surface area (Å²) in [4.78, 5) is 15.3. The van der Waals surface area contributed by atoms with Crippen LogP contribution in [0.15, 0.2) is 30.5 Å². The van der Waals surface area contributed by atoms with Gasteiger partial charge >= 0.3 is 0 Å². The van der Waals surface area contributed by atoms with Crippen molar-refractivity contribution in [3.8, 4) is 17.0 Å². The Balaban J connectivity index is 1.35. The molecule has 0 saturated heterocycles. The van der Waals surface area contributed by atoms with E-state index >= 15 is 4.39 Å². The Morgan fingerprint density at radius 1 is 1.11 bits per heavy atom. The van der Waals surface area contributed by atoms with Gasteiger partial charge in [-0.25, -0.2) is 23.7 Å². The second-order valence-corrected chi connectivity index (χ2v) is 10.3. The molecule has 2 aliphatic heterocycles. The van der Waals surface area contributed by atoms with Crippen LogP contribution < -0.4 is 20.3 Å². The lowest BCUT2D eigenvalue weighted by Gasteiger charge is -2.45. The molecule has 1 fully saturated rings. The molecule has 6 rings (SSSR count). The fraction of sp³-hybridized carbons (Fsp3) is 0.444. The highest BCUT2D eigenvalue weighted by atomic mass is 19.1. The number of pyridine rings is 1. The minimum atomic E-state index is -0.621. The number of hydrogen-bond donors (Lipinski definition) is 2. The van der Waals surface area contributed by atoms with Crippen molar-refractivity contribution in [2.75, 3.05) is 23.3 Å². The summed E-state index contributed by atoms with van der Waals surface area (Å²) in [7, 11) is 0. The maximum atomic E-state index is 15.5. The van der Waals surface area contributed by atoms with E-state index in [4.69, 9.17) is 4.74 Å². The molecule has 1 aliphatic carbocycles. The van der Waals surface area contributed by atoms with Crippen LogP contribution in [0, 0.1) is 11.6 Å². The van der Waals surface area contributed by atoms with Gasteiger partial charge in [0.15, 0.2) is 17.4 Å². The van der Waals surface area contributed by atoms with E-state index in [0.29, 0.717) is 23.6 Å². The highest BCUT2D eigenvalue weighted by Gasteiger charge is 2.44. The summed E-state index contributed by atoms with van der Waals surface area (Å²) in [5.74, 6) is -0.0823. The van der Waals surface area contributed by atoms with Gasteiger partial charge in [0.2, 0.25) is 5.95 Å². The van der Waals surface area contributed by atoms with Crippen molar-refractivity contribution in [2.24, 2.45) is 0 Å². The highest BCUT2D eigenvalue weighted by molar-refractivity contribution is 5.73. The Hall–Kier alpha value is -3.33. The molecule has 0 radical (unpaired) electrons. The molecule has 0 bridgehead atoms. The summed E-state index contributed by atoms with van der Waals surface area (Å²) in [5.41, 5.74) is 2.83. The molecule has 0 amide bonds. The Morgan fingerprint density at radius 3 is 2.75 bits per heavy atom. The lowest BCUT2D eigenvalue weighted by molar-refractivity contribution is 0.0659. The van der Waals surface area contributed by atoms with E-state index in [1.807, 2.05) is 12.1 Å². The average Bonchev–Trinajstić information content (AvgIpc) is 3.32. The highest BCUT2D eigenvalue weighted by Crippen LogP contribution is 2.47. The zero-order chi connectivity index (χ0) is 24.9. The Kier molecular flexibility index (Phi) is 5.75. The van der Waals surface area contributed by atoms with Crippen molar-refractivity contribution >= 4 is 17.5 Å². The first kappa shape index (κ1) is 23.1. The predicted molar refractivity (Wildman–Crippen MR) is 135 cm³/mol. The van der Waals surface area contributed by atoms with Crippen molar-refractivity contribution in [2.45, 2.75) is 64.1 Å². The molecule has 3 aliphatic rings. The van der Waals surface area contributed by atoms with Crippen LogP contribution >= 0.6 is 0 Å². The third-order valence-electron chi connectivity index (χ3n) is 7.43. The van der Waals surface area contributed by atoms with E-state index in [0.717, 1.165) is 62.6 Å². The number of halogens is 2. The molecule has 2 aromatic heterocycles. The number of nitrogens with one attached hydrogen (secondary N) is 2. The third-order valence-corrected chi connectivity index (χ3v) is 7.43. The third kappa shape index (κ3) is 4.15. The number of anilines is 3. The predicted octanol–water partition coefficient (Wildman–Crippen LogP) is 5.13. The largest absolute Gasteiger partial charge is 0.480 e. The molecule has 1 spiro atoms. The van der Waals surface area contributed by atoms with E-state index in [2.05, 4.69) is 44.3 Å². The molecule has 3 aromatic rings. The van der Waals surface area contributed by atoms with E-state index in [-0.39, 0.29) is 29.0 Å². The number of aromatic nitrogens is 3. The first-order chi connectivity index (χ1) is 17.4. The molecule has 9 heteroatoms. The molecule has 7 nitrogen and oxygen atoms in total. The number of rotatable bonds is 4. The van der Waals surface area contributed by atoms with Crippen molar-refractivity contribution in [1.82, 2.24) is 20.3 Å². The minimum absolute atomic E-state index is 0.0289. The first-order valence-electron chi connectivity index (χ1n) is 12.7. The van der Waals surface area contributed by atoms with Crippen LogP contribution in [0.3, 0.4) is 0 Å². The summed E-state index contributed by atoms with van der Waals surface area (Å²) in [6, 6.07) is 7.09. The number of ether oxygens (including phenoxy) is 1. The summed E-state index contributed by atoms with van der Waals surface area (Å²) < 4.78 is 36.7. The molecule has 188 valence electrons. The van der Waals surface area contributed by atoms with Crippen molar-refractivity contribution in [3.63, 3.8) is 0 Å². The van der Waals surface area contributed by atoms with E-state index in [9.17, 15) is 4.39 Å². The Labute approximate surface area is 209 Å². The topological polar surface area (TPSA) is 75.2 Å². The summed E-state index contributed by atoms with van der Waals surface area (Å²) in [5, 5.41) is 6.40. The number of benzene rings is 1. The number of nitrogens with zero attached hydrogens (tertiary/aromatic N) is 4. The van der Waals surface area contributed by atoms with Gasteiger partial charge in [-0.2, -0.15) is 0 Å². The lowest BCUT2D eigenvalue weighted by atomic mass is 9.96. The lowest BCUT2D eigenvalue weighted by Crippen LogP contribution is -2.51. The molecule has 0 atom stereocenters. The average molecular weight is 493 g/mol. The van der Waals surface area contributed by atoms with Crippen molar-refractivity contribution < 1.29 is 13.5 Å². The molecule has 1 saturated carbocycles. The minimum Gasteiger partial charge on any atom is -0.480 e. The van der Waals surface area contributed by atoms with Gasteiger partial charge in [-0.15, -0.1) is 0 Å². The van der Waals surface area contributed by atoms with Crippen molar-refractivity contribution in [1.29, 1.82) is 0 Å². The van der Waals surface area contributed by atoms with Crippen LogP contribution in [0.1, 0.15) is 50.8 Å². The van der Waals surface area contributed by atoms with Crippen LogP contribution in [-0.2, 0) is 13.0 Å². The van der Waals surface area contributed by atoms with E-state index in [1.165, 1.54) is 6.07 Å².